The molecule has 188 valence electrons. The SMILES string of the molecule is CO/C(NCc1cccc(F)c1)=C1\CCN(C[C@@H]2CC(F)(F)[C@H](n3ccc(N)nc3=O)O2)CC1=N. The fourth-order valence-electron chi connectivity index (χ4n) is 4.36. The molecule has 1 aromatic carbocycles. The van der Waals surface area contributed by atoms with Gasteiger partial charge in [-0.3, -0.25) is 9.47 Å². The van der Waals surface area contributed by atoms with Gasteiger partial charge in [0.25, 0.3) is 5.92 Å². The van der Waals surface area contributed by atoms with Gasteiger partial charge in [-0.05, 0) is 30.2 Å². The van der Waals surface area contributed by atoms with E-state index in [4.69, 9.17) is 20.6 Å². The molecule has 0 unspecified atom stereocenters. The Kier molecular flexibility index (Phi) is 7.13. The Morgan fingerprint density at radius 1 is 1.40 bits per heavy atom. The minimum Gasteiger partial charge on any atom is -0.482 e. The summed E-state index contributed by atoms with van der Waals surface area (Å²) >= 11 is 0. The molecule has 12 heteroatoms. The van der Waals surface area contributed by atoms with E-state index in [1.54, 1.807) is 12.1 Å². The Balaban J connectivity index is 1.37. The average molecular weight is 493 g/mol. The quantitative estimate of drug-likeness (QED) is 0.508. The van der Waals surface area contributed by atoms with Crippen LogP contribution in [0, 0.1) is 11.2 Å². The number of anilines is 1. The maximum Gasteiger partial charge on any atom is 0.351 e. The standard InChI is InChI=1S/C23H27F3N6O3/c1-34-20(29-11-14-3-2-4-15(24)9-14)17-5-7-31(13-18(17)27)12-16-10-23(25,26)21(35-16)32-8-6-19(28)30-22(32)33/h2-4,6,8-9,16,21,27,29H,5,7,10-13H2,1H3,(H2,28,30,33)/b20-17+,27-18?/t16-,21+/m0/s1. The molecule has 1 aromatic heterocycles. The molecule has 2 aliphatic heterocycles. The molecule has 2 aliphatic rings. The first-order valence-corrected chi connectivity index (χ1v) is 11.1. The van der Waals surface area contributed by atoms with E-state index in [0.717, 1.165) is 16.3 Å². The van der Waals surface area contributed by atoms with E-state index in [1.807, 2.05) is 4.90 Å². The van der Waals surface area contributed by atoms with E-state index in [1.165, 1.54) is 25.3 Å². The zero-order valence-corrected chi connectivity index (χ0v) is 19.1. The van der Waals surface area contributed by atoms with Crippen molar-refractivity contribution < 1.29 is 22.6 Å². The first-order valence-electron chi connectivity index (χ1n) is 11.1. The van der Waals surface area contributed by atoms with E-state index < -0.39 is 30.4 Å². The van der Waals surface area contributed by atoms with Gasteiger partial charge in [0, 0.05) is 44.4 Å². The van der Waals surface area contributed by atoms with Crippen molar-refractivity contribution in [3.05, 3.63) is 69.8 Å². The van der Waals surface area contributed by atoms with Crippen LogP contribution in [-0.2, 0) is 16.0 Å². The molecule has 4 rings (SSSR count). The number of rotatable bonds is 7. The first-order chi connectivity index (χ1) is 16.7. The van der Waals surface area contributed by atoms with Crippen LogP contribution in [0.15, 0.2) is 52.8 Å². The molecule has 35 heavy (non-hydrogen) atoms. The summed E-state index contributed by atoms with van der Waals surface area (Å²) in [7, 11) is 1.49. The summed E-state index contributed by atoms with van der Waals surface area (Å²) < 4.78 is 54.5. The van der Waals surface area contributed by atoms with E-state index in [0.29, 0.717) is 36.7 Å². The third-order valence-electron chi connectivity index (χ3n) is 5.99. The second kappa shape index (κ2) is 10.1. The van der Waals surface area contributed by atoms with Crippen LogP contribution in [0.2, 0.25) is 0 Å². The molecule has 2 atom stereocenters. The normalized spacial score (nSPS) is 23.8. The number of alkyl halides is 2. The lowest BCUT2D eigenvalue weighted by molar-refractivity contribution is -0.118. The Labute approximate surface area is 199 Å². The minimum absolute atomic E-state index is 0.0550. The number of piperidine rings is 1. The Morgan fingerprint density at radius 2 is 2.20 bits per heavy atom. The van der Waals surface area contributed by atoms with Crippen LogP contribution in [0.25, 0.3) is 0 Å². The number of likely N-dealkylation sites (tertiary alicyclic amines) is 1. The van der Waals surface area contributed by atoms with Gasteiger partial charge in [-0.15, -0.1) is 0 Å². The fraction of sp³-hybridized carbons (Fsp3) is 0.435. The van der Waals surface area contributed by atoms with Crippen LogP contribution in [0.1, 0.15) is 24.6 Å². The van der Waals surface area contributed by atoms with Gasteiger partial charge in [0.2, 0.25) is 6.23 Å². The predicted molar refractivity (Wildman–Crippen MR) is 122 cm³/mol. The number of aromatic nitrogens is 2. The van der Waals surface area contributed by atoms with E-state index in [-0.39, 0.29) is 24.7 Å². The fourth-order valence-corrected chi connectivity index (χ4v) is 4.36. The molecule has 2 saturated heterocycles. The number of nitrogens with one attached hydrogen (secondary N) is 2. The molecule has 0 amide bonds. The smallest absolute Gasteiger partial charge is 0.351 e. The van der Waals surface area contributed by atoms with Crippen molar-refractivity contribution in [1.29, 1.82) is 5.41 Å². The van der Waals surface area contributed by atoms with Crippen LogP contribution >= 0.6 is 0 Å². The molecule has 9 nitrogen and oxygen atoms in total. The Morgan fingerprint density at radius 3 is 2.89 bits per heavy atom. The lowest BCUT2D eigenvalue weighted by Crippen LogP contribution is -2.42. The number of hydrogen-bond acceptors (Lipinski definition) is 8. The predicted octanol–water partition coefficient (Wildman–Crippen LogP) is 2.26. The van der Waals surface area contributed by atoms with Crippen molar-refractivity contribution in [1.82, 2.24) is 19.8 Å². The largest absolute Gasteiger partial charge is 0.482 e. The van der Waals surface area contributed by atoms with Crippen molar-refractivity contribution in [3.8, 4) is 0 Å². The molecule has 4 N–H and O–H groups in total. The molecular weight excluding hydrogens is 465 g/mol. The van der Waals surface area contributed by atoms with Crippen molar-refractivity contribution in [2.75, 3.05) is 32.5 Å². The third kappa shape index (κ3) is 5.65. The highest BCUT2D eigenvalue weighted by Gasteiger charge is 2.52. The monoisotopic (exact) mass is 492 g/mol. The average Bonchev–Trinajstić information content (AvgIpc) is 3.08. The summed E-state index contributed by atoms with van der Waals surface area (Å²) in [6.07, 6.45) is -1.53. The van der Waals surface area contributed by atoms with E-state index in [9.17, 15) is 18.0 Å². The van der Waals surface area contributed by atoms with Gasteiger partial charge in [0.15, 0.2) is 5.88 Å². The summed E-state index contributed by atoms with van der Waals surface area (Å²) in [6, 6.07) is 7.44. The molecule has 2 aromatic rings. The highest BCUT2D eigenvalue weighted by molar-refractivity contribution is 6.00. The number of benzene rings is 1. The van der Waals surface area contributed by atoms with Gasteiger partial charge in [-0.2, -0.15) is 4.98 Å². The molecule has 3 heterocycles. The molecule has 0 bridgehead atoms. The zero-order valence-electron chi connectivity index (χ0n) is 19.1. The van der Waals surface area contributed by atoms with Crippen LogP contribution < -0.4 is 16.7 Å². The lowest BCUT2D eigenvalue weighted by atomic mass is 10.0. The molecule has 2 fully saturated rings. The molecule has 0 aliphatic carbocycles. The number of halogens is 3. The highest BCUT2D eigenvalue weighted by Crippen LogP contribution is 2.42. The van der Waals surface area contributed by atoms with Gasteiger partial charge in [-0.1, -0.05) is 12.1 Å². The second-order valence-corrected chi connectivity index (χ2v) is 8.58. The highest BCUT2D eigenvalue weighted by atomic mass is 19.3. The Hall–Kier alpha value is -3.38. The van der Waals surface area contributed by atoms with Crippen LogP contribution in [0.5, 0.6) is 0 Å². The van der Waals surface area contributed by atoms with Gasteiger partial charge in [-0.25, -0.2) is 18.0 Å². The number of nitrogens with zero attached hydrogens (tertiary/aromatic N) is 3. The number of hydrogen-bond donors (Lipinski definition) is 3. The molecule has 0 radical (unpaired) electrons. The zero-order chi connectivity index (χ0) is 25.2. The number of nitrogens with two attached hydrogens (primary N) is 1. The van der Waals surface area contributed by atoms with E-state index >= 15 is 0 Å². The summed E-state index contributed by atoms with van der Waals surface area (Å²) in [5.74, 6) is -3.22. The van der Waals surface area contributed by atoms with E-state index in [2.05, 4.69) is 10.3 Å². The number of methoxy groups -OCH3 is 1. The van der Waals surface area contributed by atoms with Crippen molar-refractivity contribution >= 4 is 11.5 Å². The third-order valence-corrected chi connectivity index (χ3v) is 5.99. The summed E-state index contributed by atoms with van der Waals surface area (Å²) in [5, 5.41) is 11.6. The number of nitrogen functional groups attached to an aromatic ring is 1. The second-order valence-electron chi connectivity index (χ2n) is 8.58. The Bertz CT molecular complexity index is 1190. The van der Waals surface area contributed by atoms with Gasteiger partial charge < -0.3 is 25.9 Å². The minimum atomic E-state index is -3.26. The maximum atomic E-state index is 14.7. The molecule has 0 spiro atoms. The van der Waals surface area contributed by atoms with Gasteiger partial charge in [0.1, 0.15) is 11.6 Å². The topological polar surface area (TPSA) is 118 Å². The first kappa shape index (κ1) is 24.7. The van der Waals surface area contributed by atoms with Crippen LogP contribution in [0.4, 0.5) is 19.0 Å². The molecular formula is C23H27F3N6O3. The lowest BCUT2D eigenvalue weighted by Gasteiger charge is -2.31. The summed E-state index contributed by atoms with van der Waals surface area (Å²) in [6.45, 7) is 1.24. The van der Waals surface area contributed by atoms with Gasteiger partial charge in [0.05, 0.1) is 18.9 Å². The van der Waals surface area contributed by atoms with Crippen molar-refractivity contribution in [3.63, 3.8) is 0 Å². The summed E-state index contributed by atoms with van der Waals surface area (Å²) in [5.41, 5.74) is 6.24. The molecule has 0 saturated carbocycles. The number of ether oxygens (including phenoxy) is 2. The van der Waals surface area contributed by atoms with Crippen LogP contribution in [-0.4, -0.2) is 58.9 Å². The van der Waals surface area contributed by atoms with Crippen LogP contribution in [0.3, 0.4) is 0 Å². The van der Waals surface area contributed by atoms with Crippen molar-refractivity contribution in [2.24, 2.45) is 0 Å². The summed E-state index contributed by atoms with van der Waals surface area (Å²) in [4.78, 5) is 17.4. The van der Waals surface area contributed by atoms with Crippen molar-refractivity contribution in [2.45, 2.75) is 37.6 Å². The maximum absolute atomic E-state index is 14.7. The van der Waals surface area contributed by atoms with Gasteiger partial charge >= 0.3 is 5.69 Å².